The van der Waals surface area contributed by atoms with Crippen molar-refractivity contribution in [2.75, 3.05) is 25.0 Å². The van der Waals surface area contributed by atoms with Gasteiger partial charge in [-0.2, -0.15) is 4.31 Å². The van der Waals surface area contributed by atoms with Gasteiger partial charge in [-0.25, -0.2) is 12.8 Å². The van der Waals surface area contributed by atoms with Gasteiger partial charge in [-0.15, -0.1) is 17.9 Å². The average molecular weight is 528 g/mol. The summed E-state index contributed by atoms with van der Waals surface area (Å²) in [4.78, 5) is 27.7. The second-order valence-corrected chi connectivity index (χ2v) is 11.3. The van der Waals surface area contributed by atoms with Crippen LogP contribution in [0.25, 0.3) is 0 Å². The maximum atomic E-state index is 13.6. The number of fused-ring (bicyclic) bond motifs is 1. The molecule has 7 nitrogen and oxygen atoms in total. The Kier molecular flexibility index (Phi) is 7.67. The van der Waals surface area contributed by atoms with Crippen LogP contribution in [0.4, 0.5) is 10.1 Å². The molecule has 4 rings (SSSR count). The molecule has 0 radical (unpaired) electrons. The van der Waals surface area contributed by atoms with Gasteiger partial charge in [0.05, 0.1) is 17.5 Å². The van der Waals surface area contributed by atoms with Crippen LogP contribution in [-0.2, 0) is 26.0 Å². The van der Waals surface area contributed by atoms with Gasteiger partial charge in [-0.05, 0) is 65.4 Å². The highest BCUT2D eigenvalue weighted by Crippen LogP contribution is 2.38. The quantitative estimate of drug-likeness (QED) is 0.445. The van der Waals surface area contributed by atoms with E-state index in [0.717, 1.165) is 20.3 Å². The van der Waals surface area contributed by atoms with Crippen LogP contribution in [0.15, 0.2) is 77.5 Å². The molecule has 1 N–H and O–H groups in total. The molecule has 2 amide bonds. The lowest BCUT2D eigenvalue weighted by Gasteiger charge is -2.37. The molecule has 1 aromatic heterocycles. The first-order chi connectivity index (χ1) is 17.2. The molecule has 1 aliphatic heterocycles. The van der Waals surface area contributed by atoms with Crippen molar-refractivity contribution in [2.24, 2.45) is 0 Å². The van der Waals surface area contributed by atoms with Crippen molar-refractivity contribution in [3.8, 4) is 0 Å². The SMILES string of the molecule is C=CCN(CC(=O)N1CCc2sccc2C1c1ccc(F)cc1)S(=O)(=O)c1ccc(NC(C)=O)cc1. The number of thiophene rings is 1. The Morgan fingerprint density at radius 2 is 1.86 bits per heavy atom. The lowest BCUT2D eigenvalue weighted by Crippen LogP contribution is -2.46. The summed E-state index contributed by atoms with van der Waals surface area (Å²) < 4.78 is 41.5. The van der Waals surface area contributed by atoms with Gasteiger partial charge in [-0.3, -0.25) is 9.59 Å². The van der Waals surface area contributed by atoms with Crippen LogP contribution in [0.1, 0.15) is 29.0 Å². The highest BCUT2D eigenvalue weighted by molar-refractivity contribution is 7.89. The number of anilines is 1. The predicted octanol–water partition coefficient (Wildman–Crippen LogP) is 4.20. The van der Waals surface area contributed by atoms with Gasteiger partial charge in [-0.1, -0.05) is 18.2 Å². The van der Waals surface area contributed by atoms with Gasteiger partial charge in [0, 0.05) is 30.6 Å². The second-order valence-electron chi connectivity index (χ2n) is 8.38. The summed E-state index contributed by atoms with van der Waals surface area (Å²) in [6, 6.07) is 13.3. The number of hydrogen-bond donors (Lipinski definition) is 1. The van der Waals surface area contributed by atoms with Crippen LogP contribution >= 0.6 is 11.3 Å². The number of halogens is 1. The Bertz CT molecular complexity index is 1370. The highest BCUT2D eigenvalue weighted by atomic mass is 32.2. The molecule has 1 unspecified atom stereocenters. The summed E-state index contributed by atoms with van der Waals surface area (Å²) in [6.45, 7) is 5.00. The fourth-order valence-electron chi connectivity index (χ4n) is 4.29. The first-order valence-corrected chi connectivity index (χ1v) is 13.6. The molecule has 0 bridgehead atoms. The summed E-state index contributed by atoms with van der Waals surface area (Å²) in [6.07, 6.45) is 2.09. The number of carbonyl (C=O) groups excluding carboxylic acids is 2. The minimum Gasteiger partial charge on any atom is -0.330 e. The van der Waals surface area contributed by atoms with Crippen LogP contribution < -0.4 is 5.32 Å². The van der Waals surface area contributed by atoms with Gasteiger partial charge in [0.1, 0.15) is 5.82 Å². The number of sulfonamides is 1. The molecule has 10 heteroatoms. The molecule has 1 atom stereocenters. The molecule has 1 aliphatic rings. The average Bonchev–Trinajstić information content (AvgIpc) is 3.33. The summed E-state index contributed by atoms with van der Waals surface area (Å²) in [5.74, 6) is -0.997. The lowest BCUT2D eigenvalue weighted by molar-refractivity contribution is -0.133. The first kappa shape index (κ1) is 25.7. The molecule has 2 aromatic carbocycles. The van der Waals surface area contributed by atoms with Crippen molar-refractivity contribution in [1.82, 2.24) is 9.21 Å². The first-order valence-electron chi connectivity index (χ1n) is 11.3. The van der Waals surface area contributed by atoms with E-state index >= 15 is 0 Å². The number of carbonyl (C=O) groups is 2. The number of nitrogens with zero attached hydrogens (tertiary/aromatic N) is 2. The van der Waals surface area contributed by atoms with Crippen LogP contribution in [0, 0.1) is 5.82 Å². The van der Waals surface area contributed by atoms with Gasteiger partial charge in [0.2, 0.25) is 21.8 Å². The van der Waals surface area contributed by atoms with Crippen molar-refractivity contribution >= 4 is 38.9 Å². The number of benzene rings is 2. The van der Waals surface area contributed by atoms with Gasteiger partial charge in [0.15, 0.2) is 0 Å². The third-order valence-corrected chi connectivity index (χ3v) is 8.75. The Labute approximate surface area is 213 Å². The lowest BCUT2D eigenvalue weighted by atomic mass is 9.93. The van der Waals surface area contributed by atoms with E-state index in [4.69, 9.17) is 0 Å². The van der Waals surface area contributed by atoms with Crippen molar-refractivity contribution < 1.29 is 22.4 Å². The van der Waals surface area contributed by atoms with Gasteiger partial charge in [0.25, 0.3) is 0 Å². The molecule has 2 heterocycles. The number of amides is 2. The summed E-state index contributed by atoms with van der Waals surface area (Å²) in [5, 5.41) is 4.56. The van der Waals surface area contributed by atoms with Gasteiger partial charge >= 0.3 is 0 Å². The van der Waals surface area contributed by atoms with Crippen molar-refractivity contribution in [1.29, 1.82) is 0 Å². The highest BCUT2D eigenvalue weighted by Gasteiger charge is 2.35. The molecular weight excluding hydrogens is 501 g/mol. The maximum absolute atomic E-state index is 13.6. The Balaban J connectivity index is 1.61. The summed E-state index contributed by atoms with van der Waals surface area (Å²) in [7, 11) is -4.03. The third kappa shape index (κ3) is 5.40. The normalized spacial score (nSPS) is 15.4. The minimum atomic E-state index is -4.03. The zero-order valence-corrected chi connectivity index (χ0v) is 21.3. The smallest absolute Gasteiger partial charge is 0.243 e. The standard InChI is InChI=1S/C26H26FN3O4S2/c1-3-14-29(36(33,34)22-10-8-21(9-11-22)28-18(2)31)17-25(32)30-15-12-24-23(13-16-35-24)26(30)19-4-6-20(27)7-5-19/h3-11,13,16,26H,1,12,14-15,17H2,2H3,(H,28,31). The molecule has 0 spiro atoms. The maximum Gasteiger partial charge on any atom is 0.243 e. The van der Waals surface area contributed by atoms with Crippen LogP contribution in [0.3, 0.4) is 0 Å². The molecule has 0 saturated carbocycles. The van der Waals surface area contributed by atoms with Gasteiger partial charge < -0.3 is 10.2 Å². The monoisotopic (exact) mass is 527 g/mol. The molecular formula is C26H26FN3O4S2. The zero-order chi connectivity index (χ0) is 25.9. The van der Waals surface area contributed by atoms with Crippen LogP contribution in [0.2, 0.25) is 0 Å². The van der Waals surface area contributed by atoms with Crippen molar-refractivity contribution in [3.05, 3.63) is 94.5 Å². The minimum absolute atomic E-state index is 0.0000941. The van der Waals surface area contributed by atoms with E-state index in [1.54, 1.807) is 28.4 Å². The molecule has 0 aliphatic carbocycles. The topological polar surface area (TPSA) is 86.8 Å². The summed E-state index contributed by atoms with van der Waals surface area (Å²) >= 11 is 1.61. The fourth-order valence-corrected chi connectivity index (χ4v) is 6.55. The largest absolute Gasteiger partial charge is 0.330 e. The Hall–Kier alpha value is -3.34. The molecule has 3 aromatic rings. The summed E-state index contributed by atoms with van der Waals surface area (Å²) in [5.41, 5.74) is 2.20. The number of hydrogen-bond acceptors (Lipinski definition) is 5. The van der Waals surface area contributed by atoms with E-state index in [1.165, 1.54) is 49.4 Å². The van der Waals surface area contributed by atoms with E-state index in [9.17, 15) is 22.4 Å². The Morgan fingerprint density at radius 1 is 1.17 bits per heavy atom. The van der Waals surface area contributed by atoms with Crippen LogP contribution in [-0.4, -0.2) is 49.1 Å². The Morgan fingerprint density at radius 3 is 2.50 bits per heavy atom. The van der Waals surface area contributed by atoms with E-state index in [2.05, 4.69) is 11.9 Å². The molecule has 188 valence electrons. The van der Waals surface area contributed by atoms with E-state index in [0.29, 0.717) is 18.7 Å². The van der Waals surface area contributed by atoms with Crippen molar-refractivity contribution in [3.63, 3.8) is 0 Å². The molecule has 0 saturated heterocycles. The third-order valence-electron chi connectivity index (χ3n) is 5.93. The molecule has 36 heavy (non-hydrogen) atoms. The zero-order valence-electron chi connectivity index (χ0n) is 19.7. The predicted molar refractivity (Wildman–Crippen MR) is 138 cm³/mol. The second kappa shape index (κ2) is 10.7. The van der Waals surface area contributed by atoms with E-state index < -0.39 is 16.1 Å². The van der Waals surface area contributed by atoms with Crippen molar-refractivity contribution in [2.45, 2.75) is 24.3 Å². The molecule has 0 fully saturated rings. The number of rotatable bonds is 8. The fraction of sp³-hybridized carbons (Fsp3) is 0.231. The van der Waals surface area contributed by atoms with E-state index in [-0.39, 0.29) is 35.6 Å². The van der Waals surface area contributed by atoms with Crippen LogP contribution in [0.5, 0.6) is 0 Å². The number of nitrogens with one attached hydrogen (secondary N) is 1. The van der Waals surface area contributed by atoms with E-state index in [1.807, 2.05) is 11.4 Å².